The van der Waals surface area contributed by atoms with Crippen molar-refractivity contribution < 1.29 is 26.9 Å². The summed E-state index contributed by atoms with van der Waals surface area (Å²) in [5, 5.41) is 8.95. The number of benzene rings is 1. The van der Waals surface area contributed by atoms with E-state index in [2.05, 4.69) is 0 Å². The third-order valence-electron chi connectivity index (χ3n) is 1.51. The highest BCUT2D eigenvalue weighted by molar-refractivity contribution is 7.85. The average Bonchev–Trinajstić information content (AvgIpc) is 2.07. The van der Waals surface area contributed by atoms with Crippen molar-refractivity contribution in [3.05, 3.63) is 35.4 Å². The van der Waals surface area contributed by atoms with Gasteiger partial charge in [-0.2, -0.15) is 8.42 Å². The molecule has 0 radical (unpaired) electrons. The minimum atomic E-state index is -4.72. The maximum absolute atomic E-state index is 12.6. The molecule has 0 aromatic heterocycles. The third-order valence-corrected chi connectivity index (χ3v) is 2.35. The number of hydrogen-bond donors (Lipinski definition) is 2. The molecule has 78 valence electrons. The van der Waals surface area contributed by atoms with Gasteiger partial charge >= 0.3 is 0 Å². The van der Waals surface area contributed by atoms with Crippen molar-refractivity contribution in [1.82, 2.24) is 0 Å². The van der Waals surface area contributed by atoms with Crippen LogP contribution in [-0.4, -0.2) is 18.1 Å². The predicted octanol–water partition coefficient (Wildman–Crippen LogP) is 0.844. The lowest BCUT2D eigenvalue weighted by Crippen LogP contribution is -2.11. The van der Waals surface area contributed by atoms with Crippen molar-refractivity contribution >= 4 is 10.1 Å². The molecule has 1 aromatic carbocycles. The van der Waals surface area contributed by atoms with Crippen LogP contribution in [0.4, 0.5) is 8.78 Å². The molecule has 1 rings (SSSR count). The van der Waals surface area contributed by atoms with Crippen molar-refractivity contribution in [3.63, 3.8) is 0 Å². The fourth-order valence-electron chi connectivity index (χ4n) is 0.838. The smallest absolute Gasteiger partial charge is 0.296 e. The Labute approximate surface area is 78.6 Å². The zero-order valence-corrected chi connectivity index (χ0v) is 7.50. The summed E-state index contributed by atoms with van der Waals surface area (Å²) >= 11 is 0. The zero-order chi connectivity index (χ0) is 10.9. The normalized spacial score (nSPS) is 14.0. The van der Waals surface area contributed by atoms with Crippen LogP contribution in [0.1, 0.15) is 11.0 Å². The van der Waals surface area contributed by atoms with Crippen molar-refractivity contribution in [2.45, 2.75) is 5.44 Å². The summed E-state index contributed by atoms with van der Waals surface area (Å²) < 4.78 is 54.2. The van der Waals surface area contributed by atoms with E-state index in [1.807, 2.05) is 0 Å². The van der Waals surface area contributed by atoms with E-state index in [9.17, 15) is 17.2 Å². The van der Waals surface area contributed by atoms with E-state index in [0.717, 1.165) is 6.07 Å². The maximum atomic E-state index is 12.6. The molecule has 0 spiro atoms. The molecule has 0 fully saturated rings. The van der Waals surface area contributed by atoms with Crippen LogP contribution in [0, 0.1) is 11.6 Å². The summed E-state index contributed by atoms with van der Waals surface area (Å²) in [6.07, 6.45) is 0. The number of halogens is 2. The van der Waals surface area contributed by atoms with Gasteiger partial charge in [0.2, 0.25) is 5.44 Å². The molecule has 14 heavy (non-hydrogen) atoms. The molecule has 2 N–H and O–H groups in total. The lowest BCUT2D eigenvalue weighted by Gasteiger charge is -2.07. The van der Waals surface area contributed by atoms with Crippen molar-refractivity contribution in [1.29, 1.82) is 0 Å². The van der Waals surface area contributed by atoms with Gasteiger partial charge in [0.05, 0.1) is 0 Å². The average molecular weight is 224 g/mol. The molecular formula is C7H6F2O4S. The Kier molecular flexibility index (Phi) is 2.84. The van der Waals surface area contributed by atoms with Crippen LogP contribution in [-0.2, 0) is 10.1 Å². The van der Waals surface area contributed by atoms with E-state index in [0.29, 0.717) is 12.1 Å². The highest BCUT2D eigenvalue weighted by Gasteiger charge is 2.22. The molecule has 7 heteroatoms. The van der Waals surface area contributed by atoms with Crippen LogP contribution < -0.4 is 0 Å². The molecule has 0 aliphatic carbocycles. The summed E-state index contributed by atoms with van der Waals surface area (Å²) in [6, 6.07) is 2.00. The van der Waals surface area contributed by atoms with Gasteiger partial charge in [0.15, 0.2) is 11.6 Å². The Hall–Kier alpha value is -1.05. The Balaban J connectivity index is 3.16. The van der Waals surface area contributed by atoms with E-state index < -0.39 is 32.8 Å². The van der Waals surface area contributed by atoms with Gasteiger partial charge in [-0.15, -0.1) is 0 Å². The number of aliphatic hydroxyl groups is 1. The lowest BCUT2D eigenvalue weighted by molar-refractivity contribution is 0.237. The molecular weight excluding hydrogens is 218 g/mol. The molecule has 0 aliphatic heterocycles. The third kappa shape index (κ3) is 2.25. The summed E-state index contributed by atoms with van der Waals surface area (Å²) in [4.78, 5) is 0. The molecule has 4 nitrogen and oxygen atoms in total. The molecule has 0 bridgehead atoms. The summed E-state index contributed by atoms with van der Waals surface area (Å²) in [5.41, 5.74) is -2.70. The predicted molar refractivity (Wildman–Crippen MR) is 42.9 cm³/mol. The van der Waals surface area contributed by atoms with Gasteiger partial charge < -0.3 is 5.11 Å². The first-order valence-corrected chi connectivity index (χ1v) is 4.92. The molecule has 0 saturated heterocycles. The number of hydrogen-bond acceptors (Lipinski definition) is 3. The largest absolute Gasteiger partial charge is 0.371 e. The second-order valence-electron chi connectivity index (χ2n) is 2.54. The van der Waals surface area contributed by atoms with Gasteiger partial charge in [-0.25, -0.2) is 8.78 Å². The molecule has 1 atom stereocenters. The Morgan fingerprint density at radius 2 is 1.79 bits per heavy atom. The highest BCUT2D eigenvalue weighted by atomic mass is 32.2. The van der Waals surface area contributed by atoms with Crippen LogP contribution in [0.5, 0.6) is 0 Å². The topological polar surface area (TPSA) is 74.6 Å². The molecule has 1 unspecified atom stereocenters. The van der Waals surface area contributed by atoms with Crippen LogP contribution in [0.3, 0.4) is 0 Å². The Morgan fingerprint density at radius 1 is 1.21 bits per heavy atom. The second-order valence-corrected chi connectivity index (χ2v) is 4.02. The zero-order valence-electron chi connectivity index (χ0n) is 6.68. The first-order chi connectivity index (χ1) is 6.32. The lowest BCUT2D eigenvalue weighted by atomic mass is 10.2. The van der Waals surface area contributed by atoms with Gasteiger partial charge in [0.1, 0.15) is 0 Å². The summed E-state index contributed by atoms with van der Waals surface area (Å²) in [7, 11) is -4.72. The van der Waals surface area contributed by atoms with Gasteiger partial charge in [-0.05, 0) is 12.1 Å². The number of aliphatic hydroxyl groups excluding tert-OH is 1. The van der Waals surface area contributed by atoms with Gasteiger partial charge in [0, 0.05) is 5.56 Å². The molecule has 0 heterocycles. The van der Waals surface area contributed by atoms with Crippen molar-refractivity contribution in [2.75, 3.05) is 0 Å². The van der Waals surface area contributed by atoms with E-state index in [1.54, 1.807) is 0 Å². The van der Waals surface area contributed by atoms with Crippen molar-refractivity contribution in [3.8, 4) is 0 Å². The minimum Gasteiger partial charge on any atom is -0.371 e. The Bertz CT molecular complexity index is 443. The first-order valence-electron chi connectivity index (χ1n) is 3.41. The van der Waals surface area contributed by atoms with E-state index in [4.69, 9.17) is 9.66 Å². The molecule has 0 aliphatic rings. The van der Waals surface area contributed by atoms with Crippen LogP contribution >= 0.6 is 0 Å². The summed E-state index contributed by atoms with van der Waals surface area (Å²) in [6.45, 7) is 0. The monoisotopic (exact) mass is 224 g/mol. The van der Waals surface area contributed by atoms with Crippen LogP contribution in [0.15, 0.2) is 18.2 Å². The number of rotatable bonds is 2. The Morgan fingerprint density at radius 3 is 2.21 bits per heavy atom. The van der Waals surface area contributed by atoms with E-state index in [1.165, 1.54) is 0 Å². The van der Waals surface area contributed by atoms with Crippen LogP contribution in [0.2, 0.25) is 0 Å². The van der Waals surface area contributed by atoms with Gasteiger partial charge in [-0.1, -0.05) is 6.07 Å². The second kappa shape index (κ2) is 3.60. The van der Waals surface area contributed by atoms with Crippen molar-refractivity contribution in [2.24, 2.45) is 0 Å². The fourth-order valence-corrected chi connectivity index (χ4v) is 1.33. The minimum absolute atomic E-state index is 0.439. The molecule has 0 amide bonds. The molecule has 1 aromatic rings. The first kappa shape index (κ1) is 11.0. The SMILES string of the molecule is O=S(=O)(O)C(O)c1ccc(F)c(F)c1. The van der Waals surface area contributed by atoms with E-state index in [-0.39, 0.29) is 0 Å². The standard InChI is InChI=1S/C7H6F2O4S/c8-5-2-1-4(3-6(5)9)7(10)14(11,12)13/h1-3,7,10H,(H,11,12,13). The van der Waals surface area contributed by atoms with Gasteiger partial charge in [0.25, 0.3) is 10.1 Å². The van der Waals surface area contributed by atoms with E-state index >= 15 is 0 Å². The maximum Gasteiger partial charge on any atom is 0.296 e. The quantitative estimate of drug-likeness (QED) is 0.730. The summed E-state index contributed by atoms with van der Waals surface area (Å²) in [5.74, 6) is -2.47. The molecule has 0 saturated carbocycles. The van der Waals surface area contributed by atoms with Crippen LogP contribution in [0.25, 0.3) is 0 Å². The highest BCUT2D eigenvalue weighted by Crippen LogP contribution is 2.19. The fraction of sp³-hybridized carbons (Fsp3) is 0.143. The van der Waals surface area contributed by atoms with Gasteiger partial charge in [-0.3, -0.25) is 4.55 Å².